The minimum atomic E-state index is -0.866. The Kier molecular flexibility index (Phi) is 16.7. The zero-order chi connectivity index (χ0) is 48.1. The molecule has 1 aliphatic carbocycles. The Bertz CT molecular complexity index is 2520. The van der Waals surface area contributed by atoms with Gasteiger partial charge in [-0.05, 0) is 99.9 Å². The van der Waals surface area contributed by atoms with E-state index >= 15 is 0 Å². The van der Waals surface area contributed by atoms with E-state index in [1.54, 1.807) is 6.20 Å². The summed E-state index contributed by atoms with van der Waals surface area (Å²) in [6, 6.07) is 24.6. The Hall–Kier alpha value is -6.59. The number of hydrogen-bond acceptors (Lipinski definition) is 12. The first kappa shape index (κ1) is 48.9. The lowest BCUT2D eigenvalue weighted by Crippen LogP contribution is -2.52. The van der Waals surface area contributed by atoms with E-state index in [1.165, 1.54) is 5.56 Å². The van der Waals surface area contributed by atoms with Gasteiger partial charge in [0.1, 0.15) is 12.6 Å². The van der Waals surface area contributed by atoms with E-state index in [-0.39, 0.29) is 30.9 Å². The molecule has 2 unspecified atom stereocenters. The number of hydrogen-bond donors (Lipinski definition) is 4. The molecular formula is C53H63N9O7. The molecule has 4 aliphatic rings. The van der Waals surface area contributed by atoms with Crippen molar-refractivity contribution in [1.29, 1.82) is 0 Å². The molecule has 0 saturated carbocycles. The third kappa shape index (κ3) is 12.9. The second kappa shape index (κ2) is 23.6. The first-order chi connectivity index (χ1) is 33.6. The SMILES string of the molecule is C=C1CCC(N2C(=O)C3=C(NC(=O)COCCOCCCCCCN4CCN(Cc5ccc(C(=O)Nc6ccc(C)c(Nc7nccc(-c8ccccc8)n7)c6)cc5)CC4)CCCC3C2=O)C(=O)N1. The van der Waals surface area contributed by atoms with Crippen LogP contribution in [-0.2, 0) is 35.2 Å². The van der Waals surface area contributed by atoms with E-state index in [0.717, 1.165) is 92.4 Å². The first-order valence-electron chi connectivity index (χ1n) is 24.2. The van der Waals surface area contributed by atoms with Crippen LogP contribution in [0.1, 0.15) is 79.3 Å². The highest BCUT2D eigenvalue weighted by Crippen LogP contribution is 2.39. The summed E-state index contributed by atoms with van der Waals surface area (Å²) in [4.78, 5) is 80.3. The molecule has 3 aliphatic heterocycles. The van der Waals surface area contributed by atoms with Crippen molar-refractivity contribution in [1.82, 2.24) is 35.3 Å². The maximum absolute atomic E-state index is 13.4. The van der Waals surface area contributed by atoms with Gasteiger partial charge in [0.15, 0.2) is 0 Å². The zero-order valence-electron chi connectivity index (χ0n) is 39.5. The standard InChI is InChI=1S/C53H63N9O7/c1-36-15-21-41(33-45(36)59-53-54-24-23-43(58-53)39-11-6-5-7-12-39)56-49(64)40-19-17-38(18-20-40)34-61-28-26-60(27-29-61)25-8-3-4-9-30-68-31-32-69-35-47(63)57-44-14-10-13-42-48(44)52(67)62(51(42)66)46-22-16-37(2)55-50(46)65/h5-7,11-12,15,17-21,23-24,33,42,46H,2-4,8-10,13-14,16,22,25-32,34-35H2,1H3,(H,55,65)(H,56,64)(H,57,63)(H,54,58,59). The molecule has 0 radical (unpaired) electrons. The Morgan fingerprint density at radius 1 is 0.826 bits per heavy atom. The number of ether oxygens (including phenoxy) is 2. The first-order valence-corrected chi connectivity index (χ1v) is 24.2. The maximum Gasteiger partial charge on any atom is 0.259 e. The summed E-state index contributed by atoms with van der Waals surface area (Å²) in [5, 5.41) is 11.8. The number of aromatic nitrogens is 2. The van der Waals surface area contributed by atoms with E-state index in [4.69, 9.17) is 9.47 Å². The van der Waals surface area contributed by atoms with E-state index < -0.39 is 23.8 Å². The van der Waals surface area contributed by atoms with Crippen molar-refractivity contribution in [2.75, 3.05) is 69.8 Å². The fourth-order valence-electron chi connectivity index (χ4n) is 9.35. The number of aryl methyl sites for hydroxylation is 1. The fraction of sp³-hybridized carbons (Fsp3) is 0.415. The van der Waals surface area contributed by atoms with E-state index in [9.17, 15) is 24.0 Å². The number of nitrogens with one attached hydrogen (secondary N) is 4. The van der Waals surface area contributed by atoms with Gasteiger partial charge in [0.05, 0.1) is 24.8 Å². The molecule has 3 fully saturated rings. The third-order valence-corrected chi connectivity index (χ3v) is 13.2. The fourth-order valence-corrected chi connectivity index (χ4v) is 9.35. The van der Waals surface area contributed by atoms with E-state index in [0.29, 0.717) is 79.5 Å². The van der Waals surface area contributed by atoms with Crippen LogP contribution >= 0.6 is 0 Å². The van der Waals surface area contributed by atoms with Crippen LogP contribution < -0.4 is 21.3 Å². The number of piperazine rings is 1. The quantitative estimate of drug-likeness (QED) is 0.0527. The summed E-state index contributed by atoms with van der Waals surface area (Å²) < 4.78 is 11.3. The lowest BCUT2D eigenvalue weighted by Gasteiger charge is -2.34. The van der Waals surface area contributed by atoms with Crippen molar-refractivity contribution >= 4 is 46.9 Å². The molecule has 4 heterocycles. The Labute approximate surface area is 403 Å². The van der Waals surface area contributed by atoms with Gasteiger partial charge in [0, 0.05) is 85.0 Å². The van der Waals surface area contributed by atoms with Crippen LogP contribution in [0, 0.1) is 12.8 Å². The summed E-state index contributed by atoms with van der Waals surface area (Å²) >= 11 is 0. The molecule has 5 amide bonds. The molecule has 4 aromatic rings. The zero-order valence-corrected chi connectivity index (χ0v) is 39.5. The Morgan fingerprint density at radius 2 is 1.59 bits per heavy atom. The summed E-state index contributed by atoms with van der Waals surface area (Å²) in [5.74, 6) is -1.99. The lowest BCUT2D eigenvalue weighted by atomic mass is 9.87. The number of carbonyl (C=O) groups is 5. The highest BCUT2D eigenvalue weighted by molar-refractivity contribution is 6.17. The second-order valence-corrected chi connectivity index (χ2v) is 18.2. The molecule has 3 saturated heterocycles. The number of fused-ring (bicyclic) bond motifs is 1. The topological polar surface area (TPSA) is 187 Å². The predicted molar refractivity (Wildman–Crippen MR) is 263 cm³/mol. The number of nitrogens with zero attached hydrogens (tertiary/aromatic N) is 5. The molecule has 8 rings (SSSR count). The third-order valence-electron chi connectivity index (χ3n) is 13.2. The van der Waals surface area contributed by atoms with Crippen molar-refractivity contribution < 1.29 is 33.4 Å². The van der Waals surface area contributed by atoms with Crippen molar-refractivity contribution in [3.8, 4) is 11.3 Å². The summed E-state index contributed by atoms with van der Waals surface area (Å²) in [7, 11) is 0. The molecule has 69 heavy (non-hydrogen) atoms. The number of imide groups is 1. The second-order valence-electron chi connectivity index (χ2n) is 18.2. The van der Waals surface area contributed by atoms with Gasteiger partial charge in [-0.15, -0.1) is 0 Å². The van der Waals surface area contributed by atoms with Gasteiger partial charge in [0.25, 0.3) is 11.8 Å². The molecule has 2 atom stereocenters. The largest absolute Gasteiger partial charge is 0.379 e. The van der Waals surface area contributed by atoms with Crippen LogP contribution in [0.25, 0.3) is 11.3 Å². The molecular weight excluding hydrogens is 875 g/mol. The summed E-state index contributed by atoms with van der Waals surface area (Å²) in [6.07, 6.45) is 8.52. The highest BCUT2D eigenvalue weighted by Gasteiger charge is 2.51. The lowest BCUT2D eigenvalue weighted by molar-refractivity contribution is -0.147. The number of benzene rings is 3. The average molecular weight is 938 g/mol. The van der Waals surface area contributed by atoms with Crippen molar-refractivity contribution in [3.05, 3.63) is 125 Å². The minimum absolute atomic E-state index is 0.169. The molecule has 16 nitrogen and oxygen atoms in total. The number of likely N-dealkylation sites (tertiary alicyclic amines) is 1. The van der Waals surface area contributed by atoms with Crippen molar-refractivity contribution in [3.63, 3.8) is 0 Å². The van der Waals surface area contributed by atoms with Crippen LogP contribution in [0.2, 0.25) is 0 Å². The smallest absolute Gasteiger partial charge is 0.259 e. The number of allylic oxidation sites excluding steroid dienone is 2. The van der Waals surface area contributed by atoms with Gasteiger partial charge in [-0.1, -0.05) is 68.0 Å². The Balaban J connectivity index is 0.656. The summed E-state index contributed by atoms with van der Waals surface area (Å²) in [5.41, 5.74) is 7.42. The highest BCUT2D eigenvalue weighted by atomic mass is 16.5. The molecule has 362 valence electrons. The van der Waals surface area contributed by atoms with E-state index in [2.05, 4.69) is 47.6 Å². The summed E-state index contributed by atoms with van der Waals surface area (Å²) in [6.45, 7) is 12.9. The van der Waals surface area contributed by atoms with Gasteiger partial charge >= 0.3 is 0 Å². The molecule has 1 aromatic heterocycles. The van der Waals surface area contributed by atoms with Crippen molar-refractivity contribution in [2.45, 2.75) is 77.3 Å². The minimum Gasteiger partial charge on any atom is -0.379 e. The Morgan fingerprint density at radius 3 is 2.39 bits per heavy atom. The predicted octanol–water partition coefficient (Wildman–Crippen LogP) is 6.49. The van der Waals surface area contributed by atoms with Crippen LogP contribution in [0.5, 0.6) is 0 Å². The number of rotatable bonds is 21. The van der Waals surface area contributed by atoms with Gasteiger partial charge in [-0.2, -0.15) is 0 Å². The molecule has 3 aromatic carbocycles. The van der Waals surface area contributed by atoms with Crippen LogP contribution in [0.15, 0.2) is 109 Å². The maximum atomic E-state index is 13.4. The monoisotopic (exact) mass is 937 g/mol. The average Bonchev–Trinajstić information content (AvgIpc) is 3.61. The normalized spacial score (nSPS) is 18.8. The number of amides is 5. The van der Waals surface area contributed by atoms with Crippen LogP contribution in [0.3, 0.4) is 0 Å². The molecule has 4 N–H and O–H groups in total. The van der Waals surface area contributed by atoms with Crippen LogP contribution in [0.4, 0.5) is 17.3 Å². The molecule has 0 bridgehead atoms. The number of piperidine rings is 1. The van der Waals surface area contributed by atoms with Gasteiger partial charge < -0.3 is 35.6 Å². The molecule has 0 spiro atoms. The van der Waals surface area contributed by atoms with Gasteiger partial charge in [-0.3, -0.25) is 33.8 Å². The number of unbranched alkanes of at least 4 members (excludes halogenated alkanes) is 3. The van der Waals surface area contributed by atoms with Crippen LogP contribution in [-0.4, -0.2) is 119 Å². The number of anilines is 3. The molecule has 16 heteroatoms. The van der Waals surface area contributed by atoms with Gasteiger partial charge in [-0.25, -0.2) is 9.97 Å². The number of carbonyl (C=O) groups excluding carboxylic acids is 5. The van der Waals surface area contributed by atoms with E-state index in [1.807, 2.05) is 85.8 Å². The van der Waals surface area contributed by atoms with Gasteiger partial charge in [0.2, 0.25) is 23.7 Å². The van der Waals surface area contributed by atoms with Crippen molar-refractivity contribution in [2.24, 2.45) is 5.92 Å².